The van der Waals surface area contributed by atoms with Crippen molar-refractivity contribution in [2.75, 3.05) is 0 Å². The van der Waals surface area contributed by atoms with Crippen molar-refractivity contribution < 1.29 is 0 Å². The number of benzene rings is 7. The third-order valence-corrected chi connectivity index (χ3v) is 10.1. The topological polar surface area (TPSA) is 4.93 Å². The van der Waals surface area contributed by atoms with Gasteiger partial charge in [0, 0.05) is 36.5 Å². The van der Waals surface area contributed by atoms with E-state index in [2.05, 4.69) is 168 Å². The number of fused-ring (bicyclic) bond motifs is 6. The van der Waals surface area contributed by atoms with E-state index in [1.165, 1.54) is 81.0 Å². The number of hydrogen-bond acceptors (Lipinski definition) is 1. The Kier molecular flexibility index (Phi) is 5.75. The van der Waals surface area contributed by atoms with Gasteiger partial charge in [0.05, 0.1) is 16.7 Å². The van der Waals surface area contributed by atoms with E-state index in [9.17, 15) is 0 Å². The molecule has 0 saturated carbocycles. The summed E-state index contributed by atoms with van der Waals surface area (Å²) in [5.41, 5.74) is 11.0. The van der Waals surface area contributed by atoms with Gasteiger partial charge >= 0.3 is 0 Å². The summed E-state index contributed by atoms with van der Waals surface area (Å²) < 4.78 is 5.12. The molecule has 0 saturated heterocycles. The molecule has 1 nitrogen and oxygen atoms in total. The molecular weight excluding hydrogens is 551 g/mol. The lowest BCUT2D eigenvalue weighted by molar-refractivity contribution is 1.18. The molecular formula is C42H27NS. The normalized spacial score (nSPS) is 11.6. The molecule has 44 heavy (non-hydrogen) atoms. The summed E-state index contributed by atoms with van der Waals surface area (Å²) in [6, 6.07) is 59.6. The molecule has 9 rings (SSSR count). The highest BCUT2D eigenvalue weighted by atomic mass is 32.1. The molecule has 9 aromatic rings. The van der Waals surface area contributed by atoms with E-state index in [1.807, 2.05) is 11.3 Å². The van der Waals surface area contributed by atoms with Crippen LogP contribution in [0.5, 0.6) is 0 Å². The monoisotopic (exact) mass is 577 g/mol. The third kappa shape index (κ3) is 3.92. The Morgan fingerprint density at radius 3 is 1.84 bits per heavy atom. The third-order valence-electron chi connectivity index (χ3n) is 8.84. The zero-order valence-electron chi connectivity index (χ0n) is 23.9. The van der Waals surface area contributed by atoms with Gasteiger partial charge in [0.15, 0.2) is 0 Å². The quantitative estimate of drug-likeness (QED) is 0.196. The maximum Gasteiger partial charge on any atom is 0.0541 e. The molecule has 0 aliphatic heterocycles. The van der Waals surface area contributed by atoms with Gasteiger partial charge in [-0.1, -0.05) is 133 Å². The van der Waals surface area contributed by atoms with E-state index in [-0.39, 0.29) is 0 Å². The Balaban J connectivity index is 1.19. The van der Waals surface area contributed by atoms with Gasteiger partial charge in [-0.15, -0.1) is 11.3 Å². The van der Waals surface area contributed by atoms with Crippen molar-refractivity contribution in [1.29, 1.82) is 0 Å². The molecule has 2 heterocycles. The number of rotatable bonds is 4. The Morgan fingerprint density at radius 1 is 0.364 bits per heavy atom. The van der Waals surface area contributed by atoms with E-state index in [0.717, 1.165) is 0 Å². The molecule has 0 bridgehead atoms. The first-order chi connectivity index (χ1) is 21.8. The first-order valence-corrected chi connectivity index (χ1v) is 15.8. The van der Waals surface area contributed by atoms with Crippen molar-refractivity contribution in [1.82, 2.24) is 4.57 Å². The van der Waals surface area contributed by atoms with Crippen LogP contribution >= 0.6 is 11.3 Å². The summed E-state index contributed by atoms with van der Waals surface area (Å²) in [5, 5.41) is 5.20. The van der Waals surface area contributed by atoms with Gasteiger partial charge in [-0.2, -0.15) is 0 Å². The Morgan fingerprint density at radius 2 is 0.977 bits per heavy atom. The van der Waals surface area contributed by atoms with Crippen LogP contribution in [0.25, 0.3) is 81.0 Å². The predicted molar refractivity (Wildman–Crippen MR) is 190 cm³/mol. The highest BCUT2D eigenvalue weighted by molar-refractivity contribution is 7.26. The van der Waals surface area contributed by atoms with Crippen molar-refractivity contribution in [2.45, 2.75) is 0 Å². The molecule has 0 atom stereocenters. The number of para-hydroxylation sites is 2. The number of thiophene rings is 1. The lowest BCUT2D eigenvalue weighted by Gasteiger charge is -2.15. The second-order valence-electron chi connectivity index (χ2n) is 11.3. The van der Waals surface area contributed by atoms with Gasteiger partial charge < -0.3 is 4.57 Å². The van der Waals surface area contributed by atoms with Crippen LogP contribution in [0.3, 0.4) is 0 Å². The number of aromatic nitrogens is 1. The van der Waals surface area contributed by atoms with Crippen LogP contribution in [0.15, 0.2) is 164 Å². The van der Waals surface area contributed by atoms with Crippen molar-refractivity contribution in [3.05, 3.63) is 164 Å². The molecule has 0 spiro atoms. The van der Waals surface area contributed by atoms with Crippen LogP contribution in [0.1, 0.15) is 0 Å². The zero-order chi connectivity index (χ0) is 29.0. The first-order valence-electron chi connectivity index (χ1n) is 15.0. The molecule has 0 amide bonds. The Hall–Kier alpha value is -5.44. The fraction of sp³-hybridized carbons (Fsp3) is 0. The maximum atomic E-state index is 2.43. The summed E-state index contributed by atoms with van der Waals surface area (Å²) in [7, 11) is 0. The highest BCUT2D eigenvalue weighted by Crippen LogP contribution is 2.41. The minimum absolute atomic E-state index is 1.19. The van der Waals surface area contributed by atoms with Crippen LogP contribution in [-0.4, -0.2) is 4.57 Å². The molecule has 0 aliphatic carbocycles. The maximum absolute atomic E-state index is 2.43. The number of nitrogens with zero attached hydrogens (tertiary/aromatic N) is 1. The molecule has 0 N–H and O–H groups in total. The Labute approximate surface area is 259 Å². The van der Waals surface area contributed by atoms with Crippen LogP contribution in [0.2, 0.25) is 0 Å². The molecule has 2 aromatic heterocycles. The summed E-state index contributed by atoms with van der Waals surface area (Å²) in [5.74, 6) is 0. The summed E-state index contributed by atoms with van der Waals surface area (Å²) in [6.07, 6.45) is 0. The highest BCUT2D eigenvalue weighted by Gasteiger charge is 2.16. The van der Waals surface area contributed by atoms with Gasteiger partial charge in [-0.25, -0.2) is 0 Å². The molecule has 2 heteroatoms. The van der Waals surface area contributed by atoms with Crippen LogP contribution in [0.4, 0.5) is 0 Å². The largest absolute Gasteiger partial charge is 0.309 e. The van der Waals surface area contributed by atoms with Gasteiger partial charge in [0.25, 0.3) is 0 Å². The van der Waals surface area contributed by atoms with Crippen molar-refractivity contribution >= 4 is 53.3 Å². The second kappa shape index (κ2) is 10.1. The lowest BCUT2D eigenvalue weighted by atomic mass is 9.98. The summed E-state index contributed by atoms with van der Waals surface area (Å²) in [6.45, 7) is 0. The average Bonchev–Trinajstić information content (AvgIpc) is 3.64. The van der Waals surface area contributed by atoms with Crippen molar-refractivity contribution in [2.24, 2.45) is 0 Å². The van der Waals surface area contributed by atoms with E-state index >= 15 is 0 Å². The van der Waals surface area contributed by atoms with E-state index in [1.54, 1.807) is 0 Å². The number of hydrogen-bond donors (Lipinski definition) is 0. The van der Waals surface area contributed by atoms with Gasteiger partial charge in [-0.3, -0.25) is 0 Å². The summed E-state index contributed by atoms with van der Waals surface area (Å²) in [4.78, 5) is 0. The van der Waals surface area contributed by atoms with E-state index in [0.29, 0.717) is 0 Å². The minimum atomic E-state index is 1.19. The van der Waals surface area contributed by atoms with E-state index in [4.69, 9.17) is 0 Å². The van der Waals surface area contributed by atoms with Gasteiger partial charge in [-0.05, 0) is 58.1 Å². The molecule has 7 aromatic carbocycles. The van der Waals surface area contributed by atoms with Crippen LogP contribution < -0.4 is 0 Å². The molecule has 0 radical (unpaired) electrons. The Bertz CT molecular complexity index is 2480. The van der Waals surface area contributed by atoms with Crippen LogP contribution in [0, 0.1) is 0 Å². The average molecular weight is 578 g/mol. The minimum Gasteiger partial charge on any atom is -0.309 e. The summed E-state index contributed by atoms with van der Waals surface area (Å²) >= 11 is 1.88. The smallest absolute Gasteiger partial charge is 0.0541 e. The standard InChI is InChI=1S/C42H27NS/c1-2-11-28(12-3-1)31-25-26-40-37(27-31)34-14-5-8-19-39(34)43(40)38-18-7-4-13-32(38)29-21-23-30(24-22-29)33-16-10-17-36-35-15-6-9-20-41(35)44-42(33)36/h1-27H. The fourth-order valence-electron chi connectivity index (χ4n) is 6.76. The van der Waals surface area contributed by atoms with Gasteiger partial charge in [0.2, 0.25) is 0 Å². The SMILES string of the molecule is c1ccc(-c2ccc3c(c2)c2ccccc2n3-c2ccccc2-c2ccc(-c3cccc4c3sc3ccccc34)cc2)cc1. The predicted octanol–water partition coefficient (Wildman–Crippen LogP) is 12.2. The molecule has 0 fully saturated rings. The van der Waals surface area contributed by atoms with Crippen LogP contribution in [-0.2, 0) is 0 Å². The lowest BCUT2D eigenvalue weighted by Crippen LogP contribution is -1.97. The fourth-order valence-corrected chi connectivity index (χ4v) is 8.00. The van der Waals surface area contributed by atoms with E-state index < -0.39 is 0 Å². The van der Waals surface area contributed by atoms with Gasteiger partial charge in [0.1, 0.15) is 0 Å². The van der Waals surface area contributed by atoms with Crippen molar-refractivity contribution in [3.63, 3.8) is 0 Å². The first kappa shape index (κ1) is 25.1. The zero-order valence-corrected chi connectivity index (χ0v) is 24.8. The van der Waals surface area contributed by atoms with Crippen molar-refractivity contribution in [3.8, 4) is 39.1 Å². The molecule has 0 unspecified atom stereocenters. The molecule has 206 valence electrons. The second-order valence-corrected chi connectivity index (χ2v) is 12.4. The molecule has 0 aliphatic rings.